The van der Waals surface area contributed by atoms with Gasteiger partial charge in [0.25, 0.3) is 0 Å². The molecular weight excluding hydrogens is 321 g/mol. The Morgan fingerprint density at radius 1 is 1.35 bits per heavy atom. The van der Waals surface area contributed by atoms with E-state index in [2.05, 4.69) is 5.10 Å². The fourth-order valence-electron chi connectivity index (χ4n) is 1.88. The molecule has 0 aliphatic rings. The molecule has 1 unspecified atom stereocenters. The van der Waals surface area contributed by atoms with Crippen molar-refractivity contribution in [3.63, 3.8) is 0 Å². The first-order valence-corrected chi connectivity index (χ1v) is 6.30. The fraction of sp³-hybridized carbons (Fsp3) is 0.333. The molecule has 0 saturated carbocycles. The number of alkyl halides is 3. The Bertz CT molecular complexity index is 795. The maximum atomic E-state index is 12.3. The van der Waals surface area contributed by atoms with Crippen molar-refractivity contribution in [1.29, 1.82) is 0 Å². The Balaban J connectivity index is 2.12. The predicted octanol–water partition coefficient (Wildman–Crippen LogP) is 0.0178. The van der Waals surface area contributed by atoms with E-state index in [0.29, 0.717) is 0 Å². The van der Waals surface area contributed by atoms with E-state index in [9.17, 15) is 27.6 Å². The van der Waals surface area contributed by atoms with Gasteiger partial charge in [0.15, 0.2) is 5.65 Å². The molecule has 2 rings (SSSR count). The molecule has 8 nitrogen and oxygen atoms in total. The van der Waals surface area contributed by atoms with Crippen LogP contribution in [0.2, 0.25) is 0 Å². The van der Waals surface area contributed by atoms with Gasteiger partial charge in [-0.2, -0.15) is 13.2 Å². The first kappa shape index (κ1) is 16.5. The SMILES string of the molecule is O=C(Cn1nc2ccccn2c1=O)NC(CC(F)(F)F)C(=O)O. The summed E-state index contributed by atoms with van der Waals surface area (Å²) in [6.45, 7) is -0.692. The molecular formula is C12H11F3N4O4. The third-order valence-electron chi connectivity index (χ3n) is 2.85. The number of nitrogens with zero attached hydrogens (tertiary/aromatic N) is 3. The van der Waals surface area contributed by atoms with Gasteiger partial charge in [-0.3, -0.25) is 9.20 Å². The van der Waals surface area contributed by atoms with Gasteiger partial charge in [-0.05, 0) is 12.1 Å². The largest absolute Gasteiger partial charge is 0.480 e. The molecule has 0 aliphatic carbocycles. The van der Waals surface area contributed by atoms with Crippen LogP contribution in [0.1, 0.15) is 6.42 Å². The Morgan fingerprint density at radius 2 is 2.04 bits per heavy atom. The molecule has 2 N–H and O–H groups in total. The van der Waals surface area contributed by atoms with Crippen LogP contribution in [0, 0.1) is 0 Å². The number of carboxylic acids is 1. The number of carbonyl (C=O) groups excluding carboxylic acids is 1. The lowest BCUT2D eigenvalue weighted by atomic mass is 10.2. The summed E-state index contributed by atoms with van der Waals surface area (Å²) in [5, 5.41) is 14.3. The second-order valence-corrected chi connectivity index (χ2v) is 4.65. The first-order valence-electron chi connectivity index (χ1n) is 6.30. The minimum Gasteiger partial charge on any atom is -0.480 e. The monoisotopic (exact) mass is 332 g/mol. The van der Waals surface area contributed by atoms with Crippen LogP contribution in [-0.4, -0.2) is 43.4 Å². The highest BCUT2D eigenvalue weighted by Crippen LogP contribution is 2.21. The number of nitrogens with one attached hydrogen (secondary N) is 1. The number of aromatic nitrogens is 3. The molecule has 0 bridgehead atoms. The number of aliphatic carboxylic acids is 1. The van der Waals surface area contributed by atoms with E-state index in [0.717, 1.165) is 9.08 Å². The third-order valence-corrected chi connectivity index (χ3v) is 2.85. The summed E-state index contributed by atoms with van der Waals surface area (Å²) >= 11 is 0. The molecule has 2 heterocycles. The Kier molecular flexibility index (Phi) is 4.38. The summed E-state index contributed by atoms with van der Waals surface area (Å²) in [5.74, 6) is -2.88. The lowest BCUT2D eigenvalue weighted by molar-refractivity contribution is -0.160. The summed E-state index contributed by atoms with van der Waals surface area (Å²) in [6, 6.07) is 2.54. The zero-order valence-electron chi connectivity index (χ0n) is 11.4. The lowest BCUT2D eigenvalue weighted by Gasteiger charge is -2.16. The maximum absolute atomic E-state index is 12.3. The number of rotatable bonds is 5. The summed E-state index contributed by atoms with van der Waals surface area (Å²) < 4.78 is 38.7. The van der Waals surface area contributed by atoms with Gasteiger partial charge in [0.05, 0.1) is 6.42 Å². The second kappa shape index (κ2) is 6.10. The van der Waals surface area contributed by atoms with Gasteiger partial charge in [-0.15, -0.1) is 5.10 Å². The normalized spacial score (nSPS) is 13.0. The topological polar surface area (TPSA) is 106 Å². The molecule has 23 heavy (non-hydrogen) atoms. The van der Waals surface area contributed by atoms with Gasteiger partial charge in [0.1, 0.15) is 12.6 Å². The fourth-order valence-corrected chi connectivity index (χ4v) is 1.88. The highest BCUT2D eigenvalue weighted by molar-refractivity contribution is 5.83. The number of pyridine rings is 1. The first-order chi connectivity index (χ1) is 10.7. The van der Waals surface area contributed by atoms with Crippen LogP contribution in [0.4, 0.5) is 13.2 Å². The van der Waals surface area contributed by atoms with Gasteiger partial charge < -0.3 is 10.4 Å². The highest BCUT2D eigenvalue weighted by atomic mass is 19.4. The molecule has 0 radical (unpaired) electrons. The Labute approximate surface area is 126 Å². The van der Waals surface area contributed by atoms with Gasteiger partial charge >= 0.3 is 17.8 Å². The maximum Gasteiger partial charge on any atom is 0.391 e. The van der Waals surface area contributed by atoms with Gasteiger partial charge in [-0.1, -0.05) is 6.07 Å². The van der Waals surface area contributed by atoms with Crippen molar-refractivity contribution < 1.29 is 27.9 Å². The minimum atomic E-state index is -4.75. The van der Waals surface area contributed by atoms with E-state index in [1.807, 2.05) is 0 Å². The average molecular weight is 332 g/mol. The van der Waals surface area contributed by atoms with E-state index in [-0.39, 0.29) is 5.65 Å². The predicted molar refractivity (Wildman–Crippen MR) is 69.7 cm³/mol. The molecule has 0 fully saturated rings. The van der Waals surface area contributed by atoms with Crippen LogP contribution in [0.5, 0.6) is 0 Å². The van der Waals surface area contributed by atoms with Gasteiger partial charge in [-0.25, -0.2) is 14.3 Å². The number of amides is 1. The quantitative estimate of drug-likeness (QED) is 0.803. The van der Waals surface area contributed by atoms with Crippen LogP contribution in [-0.2, 0) is 16.1 Å². The molecule has 0 aliphatic heterocycles. The molecule has 1 amide bonds. The van der Waals surface area contributed by atoms with Crippen molar-refractivity contribution in [2.24, 2.45) is 0 Å². The van der Waals surface area contributed by atoms with Crippen molar-refractivity contribution >= 4 is 17.5 Å². The Hall–Kier alpha value is -2.85. The molecule has 0 saturated heterocycles. The van der Waals surface area contributed by atoms with E-state index in [1.54, 1.807) is 17.4 Å². The van der Waals surface area contributed by atoms with Crippen LogP contribution in [0.25, 0.3) is 5.65 Å². The van der Waals surface area contributed by atoms with Crippen molar-refractivity contribution in [3.05, 3.63) is 34.9 Å². The van der Waals surface area contributed by atoms with E-state index in [4.69, 9.17) is 5.11 Å². The Morgan fingerprint density at radius 3 is 2.61 bits per heavy atom. The van der Waals surface area contributed by atoms with Gasteiger partial charge in [0.2, 0.25) is 5.91 Å². The lowest BCUT2D eigenvalue weighted by Crippen LogP contribution is -2.45. The molecule has 2 aromatic rings. The van der Waals surface area contributed by atoms with Gasteiger partial charge in [0, 0.05) is 6.20 Å². The molecule has 124 valence electrons. The molecule has 11 heteroatoms. The number of hydrogen-bond donors (Lipinski definition) is 2. The summed E-state index contributed by atoms with van der Waals surface area (Å²) in [7, 11) is 0. The number of carboxylic acid groups (broad SMARTS) is 1. The molecule has 1 atom stereocenters. The third kappa shape index (κ3) is 4.08. The second-order valence-electron chi connectivity index (χ2n) is 4.65. The number of hydrogen-bond acceptors (Lipinski definition) is 4. The number of halogens is 3. The van der Waals surface area contributed by atoms with Crippen molar-refractivity contribution in [1.82, 2.24) is 19.5 Å². The number of fused-ring (bicyclic) bond motifs is 1. The zero-order chi connectivity index (χ0) is 17.2. The van der Waals surface area contributed by atoms with Crippen molar-refractivity contribution in [2.45, 2.75) is 25.2 Å². The standard InChI is InChI=1S/C12H11F3N4O4/c13-12(14,15)5-7(10(21)22)16-9(20)6-19-11(23)18-4-2-1-3-8(18)17-19/h1-4,7H,5-6H2,(H,16,20)(H,21,22). The van der Waals surface area contributed by atoms with Crippen molar-refractivity contribution in [3.8, 4) is 0 Å². The van der Waals surface area contributed by atoms with Crippen LogP contribution < -0.4 is 11.0 Å². The van der Waals surface area contributed by atoms with Crippen LogP contribution in [0.3, 0.4) is 0 Å². The zero-order valence-corrected chi connectivity index (χ0v) is 11.4. The van der Waals surface area contributed by atoms with E-state index in [1.165, 1.54) is 12.3 Å². The van der Waals surface area contributed by atoms with Crippen LogP contribution in [0.15, 0.2) is 29.2 Å². The number of carbonyl (C=O) groups is 2. The molecule has 0 spiro atoms. The smallest absolute Gasteiger partial charge is 0.391 e. The van der Waals surface area contributed by atoms with E-state index >= 15 is 0 Å². The molecule has 0 aromatic carbocycles. The average Bonchev–Trinajstić information content (AvgIpc) is 2.73. The summed E-state index contributed by atoms with van der Waals surface area (Å²) in [6.07, 6.45) is -5.06. The highest BCUT2D eigenvalue weighted by Gasteiger charge is 2.36. The minimum absolute atomic E-state index is 0.246. The molecule has 2 aromatic heterocycles. The summed E-state index contributed by atoms with van der Waals surface area (Å²) in [4.78, 5) is 34.4. The van der Waals surface area contributed by atoms with Crippen LogP contribution >= 0.6 is 0 Å². The summed E-state index contributed by atoms with van der Waals surface area (Å²) in [5.41, 5.74) is -0.422. The van der Waals surface area contributed by atoms with E-state index < -0.39 is 42.7 Å². The van der Waals surface area contributed by atoms with Crippen molar-refractivity contribution in [2.75, 3.05) is 0 Å².